The maximum atomic E-state index is 6.50. The van der Waals surface area contributed by atoms with Crippen molar-refractivity contribution in [2.45, 2.75) is 76.0 Å². The maximum Gasteiger partial charge on any atom is 0.0710 e. The summed E-state index contributed by atoms with van der Waals surface area (Å²) in [4.78, 5) is 2.62. The van der Waals surface area contributed by atoms with Crippen LogP contribution in [-0.4, -0.2) is 48.8 Å². The molecule has 3 heteroatoms. The van der Waals surface area contributed by atoms with E-state index >= 15 is 0 Å². The molecule has 1 spiro atoms. The molecule has 110 valence electrons. The Balaban J connectivity index is 1.48. The zero-order chi connectivity index (χ0) is 13.1. The van der Waals surface area contributed by atoms with Gasteiger partial charge in [-0.15, -0.1) is 0 Å². The fraction of sp³-hybridized carbons (Fsp3) is 1.00. The lowest BCUT2D eigenvalue weighted by atomic mass is 9.83. The average molecular weight is 266 g/mol. The molecule has 0 aromatic carbocycles. The lowest BCUT2D eigenvalue weighted by Gasteiger charge is -2.36. The van der Waals surface area contributed by atoms with Crippen LogP contribution in [0.1, 0.15) is 58.3 Å². The second-order valence-electron chi connectivity index (χ2n) is 6.84. The normalized spacial score (nSPS) is 35.8. The number of nitrogens with zero attached hydrogens (tertiary/aromatic N) is 1. The molecule has 2 heterocycles. The Bertz CT molecular complexity index is 288. The van der Waals surface area contributed by atoms with Crippen molar-refractivity contribution in [3.05, 3.63) is 0 Å². The molecular weight excluding hydrogens is 236 g/mol. The molecule has 3 nitrogen and oxygen atoms in total. The van der Waals surface area contributed by atoms with E-state index in [2.05, 4.69) is 17.1 Å². The van der Waals surface area contributed by atoms with E-state index in [4.69, 9.17) is 4.74 Å². The van der Waals surface area contributed by atoms with Gasteiger partial charge < -0.3 is 10.1 Å². The predicted molar refractivity (Wildman–Crippen MR) is 78.4 cm³/mol. The van der Waals surface area contributed by atoms with E-state index in [-0.39, 0.29) is 0 Å². The van der Waals surface area contributed by atoms with Gasteiger partial charge in [-0.1, -0.05) is 26.2 Å². The fourth-order valence-corrected chi connectivity index (χ4v) is 4.21. The van der Waals surface area contributed by atoms with Crippen molar-refractivity contribution in [2.24, 2.45) is 0 Å². The van der Waals surface area contributed by atoms with Gasteiger partial charge in [-0.2, -0.15) is 0 Å². The van der Waals surface area contributed by atoms with Gasteiger partial charge in [-0.05, 0) is 32.1 Å². The van der Waals surface area contributed by atoms with Crippen LogP contribution in [0.2, 0.25) is 0 Å². The van der Waals surface area contributed by atoms with Crippen LogP contribution < -0.4 is 5.32 Å². The molecule has 1 saturated carbocycles. The van der Waals surface area contributed by atoms with Gasteiger partial charge in [0.05, 0.1) is 11.7 Å². The molecule has 3 fully saturated rings. The van der Waals surface area contributed by atoms with Gasteiger partial charge in [0.25, 0.3) is 0 Å². The molecule has 2 saturated heterocycles. The van der Waals surface area contributed by atoms with Gasteiger partial charge in [0.2, 0.25) is 0 Å². The lowest BCUT2D eigenvalue weighted by molar-refractivity contribution is -0.0732. The van der Waals surface area contributed by atoms with E-state index in [0.29, 0.717) is 17.7 Å². The largest absolute Gasteiger partial charge is 0.370 e. The van der Waals surface area contributed by atoms with Gasteiger partial charge in [-0.3, -0.25) is 4.90 Å². The molecule has 0 amide bonds. The fourth-order valence-electron chi connectivity index (χ4n) is 4.21. The van der Waals surface area contributed by atoms with Crippen molar-refractivity contribution in [1.29, 1.82) is 0 Å². The summed E-state index contributed by atoms with van der Waals surface area (Å²) in [6, 6.07) is 0.693. The van der Waals surface area contributed by atoms with E-state index in [1.807, 2.05) is 0 Å². The van der Waals surface area contributed by atoms with Crippen LogP contribution in [0.4, 0.5) is 0 Å². The third-order valence-corrected chi connectivity index (χ3v) is 5.40. The second kappa shape index (κ2) is 6.11. The lowest BCUT2D eigenvalue weighted by Crippen LogP contribution is -2.52. The first-order chi connectivity index (χ1) is 9.30. The number of hydrogen-bond donors (Lipinski definition) is 1. The summed E-state index contributed by atoms with van der Waals surface area (Å²) in [5, 5.41) is 3.60. The van der Waals surface area contributed by atoms with Crippen molar-refractivity contribution in [3.63, 3.8) is 0 Å². The van der Waals surface area contributed by atoms with Crippen LogP contribution in [0, 0.1) is 0 Å². The van der Waals surface area contributed by atoms with Gasteiger partial charge in [-0.25, -0.2) is 0 Å². The first-order valence-electron chi connectivity index (χ1n) is 8.43. The zero-order valence-corrected chi connectivity index (χ0v) is 12.5. The minimum absolute atomic E-state index is 0.293. The first kappa shape index (κ1) is 13.8. The number of nitrogens with one attached hydrogen (secondary N) is 1. The molecule has 2 atom stereocenters. The van der Waals surface area contributed by atoms with Gasteiger partial charge in [0.1, 0.15) is 0 Å². The molecule has 19 heavy (non-hydrogen) atoms. The van der Waals surface area contributed by atoms with Gasteiger partial charge >= 0.3 is 0 Å². The summed E-state index contributed by atoms with van der Waals surface area (Å²) < 4.78 is 6.50. The highest BCUT2D eigenvalue weighted by atomic mass is 16.5. The summed E-state index contributed by atoms with van der Waals surface area (Å²) in [6.45, 7) is 7.01. The second-order valence-corrected chi connectivity index (χ2v) is 6.84. The molecule has 3 rings (SSSR count). The van der Waals surface area contributed by atoms with Crippen molar-refractivity contribution in [3.8, 4) is 0 Å². The van der Waals surface area contributed by atoms with Crippen LogP contribution >= 0.6 is 0 Å². The Morgan fingerprint density at radius 3 is 2.84 bits per heavy atom. The standard InChI is InChI=1S/C16H30N2O/c1-2-14-12-18(11-10-17-14)13-15-6-9-16(19-15)7-4-3-5-8-16/h14-15,17H,2-13H2,1H3. The van der Waals surface area contributed by atoms with Gasteiger partial charge in [0, 0.05) is 32.2 Å². The summed E-state index contributed by atoms with van der Waals surface area (Å²) in [5.74, 6) is 0. The molecule has 2 aliphatic heterocycles. The van der Waals surface area contributed by atoms with E-state index in [1.54, 1.807) is 0 Å². The predicted octanol–water partition coefficient (Wildman–Crippen LogP) is 2.55. The van der Waals surface area contributed by atoms with E-state index < -0.39 is 0 Å². The van der Waals surface area contributed by atoms with E-state index in [0.717, 1.165) is 6.54 Å². The molecular formula is C16H30N2O. The van der Waals surface area contributed by atoms with Crippen LogP contribution in [-0.2, 0) is 4.74 Å². The van der Waals surface area contributed by atoms with Crippen molar-refractivity contribution in [2.75, 3.05) is 26.2 Å². The third-order valence-electron chi connectivity index (χ3n) is 5.40. The van der Waals surface area contributed by atoms with Gasteiger partial charge in [0.15, 0.2) is 0 Å². The highest BCUT2D eigenvalue weighted by Gasteiger charge is 2.41. The van der Waals surface area contributed by atoms with Crippen LogP contribution in [0.15, 0.2) is 0 Å². The van der Waals surface area contributed by atoms with E-state index in [9.17, 15) is 0 Å². The monoisotopic (exact) mass is 266 g/mol. The number of rotatable bonds is 3. The minimum atomic E-state index is 0.293. The topological polar surface area (TPSA) is 24.5 Å². The molecule has 3 aliphatic rings. The van der Waals surface area contributed by atoms with Crippen molar-refractivity contribution < 1.29 is 4.74 Å². The molecule has 0 aromatic heterocycles. The average Bonchev–Trinajstić information content (AvgIpc) is 2.82. The Morgan fingerprint density at radius 1 is 1.21 bits per heavy atom. The molecule has 1 N–H and O–H groups in total. The highest BCUT2D eigenvalue weighted by Crippen LogP contribution is 2.42. The molecule has 2 unspecified atom stereocenters. The van der Waals surface area contributed by atoms with Crippen molar-refractivity contribution >= 4 is 0 Å². The highest BCUT2D eigenvalue weighted by molar-refractivity contribution is 4.92. The zero-order valence-electron chi connectivity index (χ0n) is 12.5. The number of hydrogen-bond acceptors (Lipinski definition) is 3. The minimum Gasteiger partial charge on any atom is -0.370 e. The number of piperazine rings is 1. The summed E-state index contributed by atoms with van der Waals surface area (Å²) >= 11 is 0. The van der Waals surface area contributed by atoms with Crippen LogP contribution in [0.25, 0.3) is 0 Å². The number of ether oxygens (including phenoxy) is 1. The summed E-state index contributed by atoms with van der Waals surface area (Å²) in [6.07, 6.45) is 11.2. The van der Waals surface area contributed by atoms with Crippen LogP contribution in [0.3, 0.4) is 0 Å². The molecule has 0 radical (unpaired) electrons. The third kappa shape index (κ3) is 3.32. The van der Waals surface area contributed by atoms with E-state index in [1.165, 1.54) is 71.0 Å². The Hall–Kier alpha value is -0.120. The molecule has 0 bridgehead atoms. The summed E-state index contributed by atoms with van der Waals surface area (Å²) in [7, 11) is 0. The Labute approximate surface area is 118 Å². The smallest absolute Gasteiger partial charge is 0.0710 e. The molecule has 1 aliphatic carbocycles. The first-order valence-corrected chi connectivity index (χ1v) is 8.43. The van der Waals surface area contributed by atoms with Crippen LogP contribution in [0.5, 0.6) is 0 Å². The quantitative estimate of drug-likeness (QED) is 0.849. The van der Waals surface area contributed by atoms with Crippen molar-refractivity contribution in [1.82, 2.24) is 10.2 Å². The SMILES string of the molecule is CCC1CN(CC2CCC3(CCCCC3)O2)CCN1. The summed E-state index contributed by atoms with van der Waals surface area (Å²) in [5.41, 5.74) is 0.293. The Morgan fingerprint density at radius 2 is 2.05 bits per heavy atom. The molecule has 0 aromatic rings. The maximum absolute atomic E-state index is 6.50. The Kier molecular flexibility index (Phi) is 4.45.